The highest BCUT2D eigenvalue weighted by molar-refractivity contribution is 5.96. The zero-order valence-corrected chi connectivity index (χ0v) is 18.8. The molecule has 6 nitrogen and oxygen atoms in total. The van der Waals surface area contributed by atoms with E-state index in [1.165, 1.54) is 11.8 Å². The van der Waals surface area contributed by atoms with Crippen LogP contribution in [0.2, 0.25) is 0 Å². The SMILES string of the molecule is C[N+](C)(CCCNC(=O)C1=CN(Cc2ccccc2)C(=CN=O)C=C1)Cc1ccccc1. The molecule has 1 N–H and O–H groups in total. The molecule has 0 aliphatic carbocycles. The fraction of sp³-hybridized carbons (Fsp3) is 0.269. The lowest BCUT2D eigenvalue weighted by molar-refractivity contribution is -0.903. The Morgan fingerprint density at radius 3 is 2.31 bits per heavy atom. The minimum absolute atomic E-state index is 0.120. The van der Waals surface area contributed by atoms with Gasteiger partial charge >= 0.3 is 0 Å². The topological polar surface area (TPSA) is 61.8 Å². The van der Waals surface area contributed by atoms with Crippen molar-refractivity contribution < 1.29 is 9.28 Å². The lowest BCUT2D eigenvalue weighted by atomic mass is 10.1. The first kappa shape index (κ1) is 23.2. The van der Waals surface area contributed by atoms with Gasteiger partial charge in [0.25, 0.3) is 5.91 Å². The summed E-state index contributed by atoms with van der Waals surface area (Å²) in [5, 5.41) is 5.92. The number of rotatable bonds is 10. The zero-order valence-electron chi connectivity index (χ0n) is 18.8. The molecule has 0 radical (unpaired) electrons. The van der Waals surface area contributed by atoms with E-state index in [1.807, 2.05) is 41.3 Å². The summed E-state index contributed by atoms with van der Waals surface area (Å²) in [6.07, 6.45) is 7.39. The van der Waals surface area contributed by atoms with Gasteiger partial charge in [-0.1, -0.05) is 60.7 Å². The highest BCUT2D eigenvalue weighted by Gasteiger charge is 2.18. The Balaban J connectivity index is 1.53. The number of hydrogen-bond acceptors (Lipinski definition) is 4. The van der Waals surface area contributed by atoms with E-state index in [2.05, 4.69) is 48.9 Å². The molecule has 0 saturated carbocycles. The van der Waals surface area contributed by atoms with Gasteiger partial charge in [0.2, 0.25) is 0 Å². The lowest BCUT2D eigenvalue weighted by Crippen LogP contribution is -2.41. The largest absolute Gasteiger partial charge is 0.352 e. The lowest BCUT2D eigenvalue weighted by Gasteiger charge is -2.30. The number of carbonyl (C=O) groups excluding carboxylic acids is 1. The van der Waals surface area contributed by atoms with Crippen LogP contribution < -0.4 is 5.32 Å². The van der Waals surface area contributed by atoms with Gasteiger partial charge in [0.05, 0.1) is 38.1 Å². The molecule has 0 spiro atoms. The summed E-state index contributed by atoms with van der Waals surface area (Å²) in [4.78, 5) is 25.3. The van der Waals surface area contributed by atoms with Crippen molar-refractivity contribution in [3.63, 3.8) is 0 Å². The fourth-order valence-corrected chi connectivity index (χ4v) is 3.75. The van der Waals surface area contributed by atoms with E-state index in [-0.39, 0.29) is 5.91 Å². The maximum atomic E-state index is 12.7. The van der Waals surface area contributed by atoms with Crippen LogP contribution in [0, 0.1) is 4.91 Å². The normalized spacial score (nSPS) is 14.9. The van der Waals surface area contributed by atoms with Crippen LogP contribution in [0.1, 0.15) is 17.5 Å². The summed E-state index contributed by atoms with van der Waals surface area (Å²) in [5.74, 6) is -0.120. The number of benzene rings is 2. The predicted octanol–water partition coefficient (Wildman–Crippen LogP) is 4.33. The molecule has 1 heterocycles. The third-order valence-corrected chi connectivity index (χ3v) is 5.38. The van der Waals surface area contributed by atoms with Gasteiger partial charge in [0.15, 0.2) is 0 Å². The summed E-state index contributed by atoms with van der Waals surface area (Å²) in [6.45, 7) is 3.07. The molecule has 1 aliphatic heterocycles. The number of hydrogen-bond donors (Lipinski definition) is 1. The maximum Gasteiger partial charge on any atom is 0.252 e. The third kappa shape index (κ3) is 7.03. The first-order valence-corrected chi connectivity index (χ1v) is 10.8. The second kappa shape index (κ2) is 11.2. The molecule has 0 bridgehead atoms. The molecule has 2 aromatic rings. The Bertz CT molecular complexity index is 995. The van der Waals surface area contributed by atoms with Gasteiger partial charge in [0, 0.05) is 31.3 Å². The second-order valence-corrected chi connectivity index (χ2v) is 8.60. The Kier molecular flexibility index (Phi) is 8.11. The van der Waals surface area contributed by atoms with E-state index in [0.29, 0.717) is 24.4 Å². The Morgan fingerprint density at radius 1 is 1.00 bits per heavy atom. The minimum atomic E-state index is -0.120. The average Bonchev–Trinajstić information content (AvgIpc) is 2.79. The van der Waals surface area contributed by atoms with Crippen molar-refractivity contribution in [2.45, 2.75) is 19.5 Å². The Morgan fingerprint density at radius 2 is 1.66 bits per heavy atom. The predicted molar refractivity (Wildman–Crippen MR) is 128 cm³/mol. The summed E-state index contributed by atoms with van der Waals surface area (Å²) in [6, 6.07) is 20.3. The van der Waals surface area contributed by atoms with Crippen molar-refractivity contribution in [1.29, 1.82) is 0 Å². The zero-order chi connectivity index (χ0) is 22.8. The number of nitrogens with one attached hydrogen (secondary N) is 1. The van der Waals surface area contributed by atoms with E-state index in [0.717, 1.165) is 29.6 Å². The van der Waals surface area contributed by atoms with Crippen LogP contribution in [0.5, 0.6) is 0 Å². The number of amides is 1. The van der Waals surface area contributed by atoms with Crippen molar-refractivity contribution in [2.24, 2.45) is 5.18 Å². The summed E-state index contributed by atoms with van der Waals surface area (Å²) >= 11 is 0. The number of nitroso groups, excluding NO2 is 1. The maximum absolute atomic E-state index is 12.7. The monoisotopic (exact) mass is 431 g/mol. The van der Waals surface area contributed by atoms with Crippen LogP contribution in [0.15, 0.2) is 102 Å². The van der Waals surface area contributed by atoms with E-state index in [4.69, 9.17) is 0 Å². The Labute approximate surface area is 190 Å². The third-order valence-electron chi connectivity index (χ3n) is 5.38. The van der Waals surface area contributed by atoms with Gasteiger partial charge in [-0.25, -0.2) is 0 Å². The smallest absolute Gasteiger partial charge is 0.252 e. The molecule has 0 saturated heterocycles. The minimum Gasteiger partial charge on any atom is -0.352 e. The van der Waals surface area contributed by atoms with Crippen molar-refractivity contribution in [1.82, 2.24) is 10.2 Å². The highest BCUT2D eigenvalue weighted by Crippen LogP contribution is 2.20. The van der Waals surface area contributed by atoms with Crippen LogP contribution in [-0.4, -0.2) is 42.5 Å². The number of carbonyl (C=O) groups is 1. The molecular formula is C26H31N4O2+. The molecule has 0 aromatic heterocycles. The van der Waals surface area contributed by atoms with E-state index in [9.17, 15) is 9.70 Å². The highest BCUT2D eigenvalue weighted by atomic mass is 16.2. The molecule has 0 unspecified atom stereocenters. The first-order chi connectivity index (χ1) is 15.5. The molecule has 2 aromatic carbocycles. The van der Waals surface area contributed by atoms with Gasteiger partial charge in [-0.3, -0.25) is 4.79 Å². The van der Waals surface area contributed by atoms with Crippen LogP contribution in [0.3, 0.4) is 0 Å². The molecule has 6 heteroatoms. The van der Waals surface area contributed by atoms with Gasteiger partial charge < -0.3 is 14.7 Å². The molecule has 0 atom stereocenters. The van der Waals surface area contributed by atoms with Crippen LogP contribution in [0.4, 0.5) is 0 Å². The van der Waals surface area contributed by atoms with Crippen LogP contribution in [-0.2, 0) is 17.9 Å². The van der Waals surface area contributed by atoms with Crippen LogP contribution in [0.25, 0.3) is 0 Å². The standard InChI is InChI=1S/C26H30N4O2/c1-30(2,21-23-12-7-4-8-13-23)17-9-16-27-26(31)24-14-15-25(18-28-32)29(20-24)19-22-10-5-3-6-11-22/h3-8,10-15,18,20H,9,16-17,19,21H2,1-2H3/p+1. The second-order valence-electron chi connectivity index (χ2n) is 8.60. The average molecular weight is 432 g/mol. The van der Waals surface area contributed by atoms with E-state index in [1.54, 1.807) is 18.4 Å². The van der Waals surface area contributed by atoms with Crippen LogP contribution >= 0.6 is 0 Å². The first-order valence-electron chi connectivity index (χ1n) is 10.8. The van der Waals surface area contributed by atoms with E-state index < -0.39 is 0 Å². The molecule has 1 amide bonds. The van der Waals surface area contributed by atoms with Gasteiger partial charge in [-0.05, 0) is 22.9 Å². The molecule has 1 aliphatic rings. The van der Waals surface area contributed by atoms with Gasteiger partial charge in [-0.2, -0.15) is 0 Å². The molecule has 3 rings (SSSR count). The molecule has 166 valence electrons. The Hall–Kier alpha value is -3.51. The van der Waals surface area contributed by atoms with Crippen molar-refractivity contribution in [3.05, 3.63) is 113 Å². The fourth-order valence-electron chi connectivity index (χ4n) is 3.75. The number of allylic oxidation sites excluding steroid dienone is 1. The van der Waals surface area contributed by atoms with Crippen molar-refractivity contribution in [3.8, 4) is 0 Å². The number of nitrogens with zero attached hydrogens (tertiary/aromatic N) is 3. The summed E-state index contributed by atoms with van der Waals surface area (Å²) < 4.78 is 0.861. The quantitative estimate of drug-likeness (QED) is 0.346. The molecule has 0 fully saturated rings. The van der Waals surface area contributed by atoms with Crippen molar-refractivity contribution >= 4 is 5.91 Å². The summed E-state index contributed by atoms with van der Waals surface area (Å²) in [7, 11) is 4.41. The molecule has 32 heavy (non-hydrogen) atoms. The summed E-state index contributed by atoms with van der Waals surface area (Å²) in [5.41, 5.74) is 3.60. The number of quaternary nitrogens is 1. The van der Waals surface area contributed by atoms with Gasteiger partial charge in [0.1, 0.15) is 6.54 Å². The van der Waals surface area contributed by atoms with Gasteiger partial charge in [-0.15, -0.1) is 4.91 Å². The van der Waals surface area contributed by atoms with E-state index >= 15 is 0 Å². The van der Waals surface area contributed by atoms with Crippen molar-refractivity contribution in [2.75, 3.05) is 27.2 Å². The molecular weight excluding hydrogens is 400 g/mol.